The topological polar surface area (TPSA) is 70.1 Å². The zero-order valence-corrected chi connectivity index (χ0v) is 16.7. The smallest absolute Gasteiger partial charge is 0.328 e. The van der Waals surface area contributed by atoms with Crippen LogP contribution in [0.5, 0.6) is 0 Å². The van der Waals surface area contributed by atoms with Crippen molar-refractivity contribution in [2.75, 3.05) is 19.7 Å². The van der Waals surface area contributed by atoms with Crippen LogP contribution >= 0.6 is 34.2 Å². The summed E-state index contributed by atoms with van der Waals surface area (Å²) in [5, 5.41) is 11.5. The molecule has 0 bridgehead atoms. The minimum atomic E-state index is -1.62. The van der Waals surface area contributed by atoms with Crippen LogP contribution in [0.25, 0.3) is 5.57 Å². The monoisotopic (exact) mass is 476 g/mol. The van der Waals surface area contributed by atoms with Crippen molar-refractivity contribution in [3.63, 3.8) is 0 Å². The van der Waals surface area contributed by atoms with Gasteiger partial charge in [0.25, 0.3) is 5.91 Å². The fourth-order valence-electron chi connectivity index (χ4n) is 3.35. The molecule has 0 saturated carbocycles. The molecule has 2 aliphatic heterocycles. The van der Waals surface area contributed by atoms with Gasteiger partial charge < -0.3 is 9.84 Å². The molecule has 25 heavy (non-hydrogen) atoms. The zero-order chi connectivity index (χ0) is 18.4. The largest absolute Gasteiger partial charge is 0.370 e. The number of likely N-dealkylation sites (N-methyl/N-ethyl adjacent to an activating group) is 2. The Labute approximate surface area is 164 Å². The lowest BCUT2D eigenvalue weighted by atomic mass is 9.84. The molecular weight excluding hydrogens is 459 g/mol. The fourth-order valence-corrected chi connectivity index (χ4v) is 4.34. The highest BCUT2D eigenvalue weighted by atomic mass is 127. The number of hydrogen-bond acceptors (Lipinski definition) is 4. The van der Waals surface area contributed by atoms with Crippen molar-refractivity contribution in [2.24, 2.45) is 0 Å². The molecular formula is C17H18ClIN2O4. The van der Waals surface area contributed by atoms with Crippen molar-refractivity contribution in [2.45, 2.75) is 25.7 Å². The summed E-state index contributed by atoms with van der Waals surface area (Å²) in [4.78, 5) is 28.1. The van der Waals surface area contributed by atoms with Gasteiger partial charge >= 0.3 is 6.03 Å². The molecule has 1 fully saturated rings. The van der Waals surface area contributed by atoms with Gasteiger partial charge in [0.2, 0.25) is 5.60 Å². The molecule has 134 valence electrons. The maximum absolute atomic E-state index is 13.2. The number of amides is 3. The van der Waals surface area contributed by atoms with Gasteiger partial charge in [-0.2, -0.15) is 0 Å². The second kappa shape index (κ2) is 6.86. The number of benzene rings is 1. The molecule has 6 nitrogen and oxygen atoms in total. The number of aliphatic hydroxyl groups excluding tert-OH is 1. The average Bonchev–Trinajstić information content (AvgIpc) is 2.94. The minimum Gasteiger partial charge on any atom is -0.370 e. The van der Waals surface area contributed by atoms with Crippen LogP contribution in [0.3, 0.4) is 0 Å². The molecule has 0 radical (unpaired) electrons. The maximum Gasteiger partial charge on any atom is 0.328 e. The average molecular weight is 477 g/mol. The van der Waals surface area contributed by atoms with Crippen LogP contribution in [0.2, 0.25) is 5.02 Å². The lowest BCUT2D eigenvalue weighted by molar-refractivity contribution is -0.179. The molecule has 0 aliphatic carbocycles. The second-order valence-electron chi connectivity index (χ2n) is 5.80. The number of carbonyl (C=O) groups excluding carboxylic acids is 2. The maximum atomic E-state index is 13.2. The van der Waals surface area contributed by atoms with Crippen molar-refractivity contribution < 1.29 is 19.4 Å². The number of carbonyl (C=O) groups is 2. The molecule has 1 spiro atoms. The van der Waals surface area contributed by atoms with Crippen LogP contribution in [0.1, 0.15) is 19.4 Å². The van der Waals surface area contributed by atoms with E-state index >= 15 is 0 Å². The number of urea groups is 1. The fraction of sp³-hybridized carbons (Fsp3) is 0.412. The van der Waals surface area contributed by atoms with Crippen LogP contribution in [-0.4, -0.2) is 58.4 Å². The van der Waals surface area contributed by atoms with E-state index in [2.05, 4.69) is 22.6 Å². The molecule has 0 aromatic heterocycles. The van der Waals surface area contributed by atoms with E-state index in [1.807, 2.05) is 0 Å². The van der Waals surface area contributed by atoms with Gasteiger partial charge in [0, 0.05) is 27.3 Å². The summed E-state index contributed by atoms with van der Waals surface area (Å²) in [6.45, 7) is 4.14. The predicted octanol–water partition coefficient (Wildman–Crippen LogP) is 2.88. The number of halogens is 2. The summed E-state index contributed by atoms with van der Waals surface area (Å²) < 4.78 is 6.69. The van der Waals surface area contributed by atoms with Gasteiger partial charge in [-0.3, -0.25) is 14.6 Å². The van der Waals surface area contributed by atoms with Gasteiger partial charge in [-0.1, -0.05) is 23.7 Å². The highest BCUT2D eigenvalue weighted by Gasteiger charge is 2.62. The van der Waals surface area contributed by atoms with Crippen LogP contribution in [-0.2, 0) is 9.53 Å². The van der Waals surface area contributed by atoms with Crippen molar-refractivity contribution in [1.29, 1.82) is 0 Å². The molecule has 1 aromatic rings. The first-order chi connectivity index (χ1) is 11.9. The Morgan fingerprint density at radius 1 is 1.28 bits per heavy atom. The summed E-state index contributed by atoms with van der Waals surface area (Å²) in [5.41, 5.74) is -0.295. The van der Waals surface area contributed by atoms with Gasteiger partial charge in [0.1, 0.15) is 0 Å². The molecule has 0 unspecified atom stereocenters. The Kier molecular flexibility index (Phi) is 5.11. The molecule has 1 saturated heterocycles. The van der Waals surface area contributed by atoms with Crippen molar-refractivity contribution in [3.05, 3.63) is 38.4 Å². The Balaban J connectivity index is 2.18. The van der Waals surface area contributed by atoms with E-state index in [4.69, 9.17) is 16.3 Å². The number of nitrogens with zero attached hydrogens (tertiary/aromatic N) is 2. The van der Waals surface area contributed by atoms with E-state index in [9.17, 15) is 14.7 Å². The third kappa shape index (κ3) is 2.68. The van der Waals surface area contributed by atoms with Crippen LogP contribution < -0.4 is 0 Å². The highest BCUT2D eigenvalue weighted by molar-refractivity contribution is 14.1. The molecule has 2 atom stereocenters. The minimum absolute atomic E-state index is 0.199. The third-order valence-corrected chi connectivity index (χ3v) is 5.66. The number of ether oxygens (including phenoxy) is 1. The van der Waals surface area contributed by atoms with Crippen LogP contribution in [0.4, 0.5) is 4.79 Å². The van der Waals surface area contributed by atoms with E-state index in [1.165, 1.54) is 4.90 Å². The molecule has 1 aromatic carbocycles. The summed E-state index contributed by atoms with van der Waals surface area (Å²) in [6, 6.07) is 6.51. The summed E-state index contributed by atoms with van der Waals surface area (Å²) >= 11 is 8.09. The van der Waals surface area contributed by atoms with Crippen molar-refractivity contribution in [1.82, 2.24) is 9.80 Å². The van der Waals surface area contributed by atoms with E-state index in [1.54, 1.807) is 38.1 Å². The van der Waals surface area contributed by atoms with E-state index in [0.717, 1.165) is 14.0 Å². The molecule has 2 aliphatic rings. The van der Waals surface area contributed by atoms with Gasteiger partial charge in [-0.15, -0.1) is 0 Å². The molecule has 3 rings (SSSR count). The quantitative estimate of drug-likeness (QED) is 0.681. The Morgan fingerprint density at radius 3 is 2.48 bits per heavy atom. The zero-order valence-electron chi connectivity index (χ0n) is 13.8. The third-order valence-electron chi connectivity index (χ3n) is 4.56. The van der Waals surface area contributed by atoms with Gasteiger partial charge in [0.05, 0.1) is 6.61 Å². The van der Waals surface area contributed by atoms with E-state index in [-0.39, 0.29) is 19.7 Å². The van der Waals surface area contributed by atoms with Gasteiger partial charge in [0.15, 0.2) is 6.23 Å². The normalized spacial score (nSPS) is 27.0. The van der Waals surface area contributed by atoms with E-state index < -0.39 is 23.8 Å². The Morgan fingerprint density at radius 2 is 1.92 bits per heavy atom. The number of imide groups is 1. The summed E-state index contributed by atoms with van der Waals surface area (Å²) in [7, 11) is 0. The first kappa shape index (κ1) is 18.6. The Bertz CT molecular complexity index is 752. The lowest BCUT2D eigenvalue weighted by Crippen LogP contribution is -2.71. The number of aliphatic hydroxyl groups is 1. The summed E-state index contributed by atoms with van der Waals surface area (Å²) in [6.07, 6.45) is -1.39. The number of hydrogen-bond donors (Lipinski definition) is 1. The van der Waals surface area contributed by atoms with Crippen LogP contribution in [0.15, 0.2) is 27.8 Å². The predicted molar refractivity (Wildman–Crippen MR) is 102 cm³/mol. The first-order valence-electron chi connectivity index (χ1n) is 7.98. The molecule has 2 heterocycles. The first-order valence-corrected chi connectivity index (χ1v) is 9.43. The Hall–Kier alpha value is -1.16. The van der Waals surface area contributed by atoms with Gasteiger partial charge in [-0.25, -0.2) is 4.79 Å². The second-order valence-corrected chi connectivity index (χ2v) is 7.54. The van der Waals surface area contributed by atoms with Gasteiger partial charge in [-0.05, 0) is 54.1 Å². The number of rotatable bonds is 3. The molecule has 8 heteroatoms. The summed E-state index contributed by atoms with van der Waals surface area (Å²) in [5.74, 6) is -0.534. The molecule has 3 amide bonds. The standard InChI is InChI=1S/C17H18ClIN2O4/c1-3-20-14(22)17(15(23)21(4-2)16(20)24)13(12(19)9-25-17)10-5-7-11(18)8-6-10/h5-8,14,22H,3-4,9H2,1-2H3/t14-,17+/m0/s1. The van der Waals surface area contributed by atoms with Crippen molar-refractivity contribution in [3.8, 4) is 0 Å². The van der Waals surface area contributed by atoms with Crippen LogP contribution in [0, 0.1) is 0 Å². The lowest BCUT2D eigenvalue weighted by Gasteiger charge is -2.47. The van der Waals surface area contributed by atoms with Crippen molar-refractivity contribution >= 4 is 51.7 Å². The van der Waals surface area contributed by atoms with E-state index in [0.29, 0.717) is 10.6 Å². The highest BCUT2D eigenvalue weighted by Crippen LogP contribution is 2.47. The molecule has 1 N–H and O–H groups in total. The SMILES string of the molecule is CCN1C(=O)N(CC)[C@@H](O)[C@@]2(OCC(I)=C2c2ccc(Cl)cc2)C1=O.